The van der Waals surface area contributed by atoms with Gasteiger partial charge in [0.05, 0.1) is 5.02 Å². The second-order valence-electron chi connectivity index (χ2n) is 5.53. The number of rotatable bonds is 4. The molecule has 20 heavy (non-hydrogen) atoms. The molecule has 0 unspecified atom stereocenters. The molecule has 0 radical (unpaired) electrons. The summed E-state index contributed by atoms with van der Waals surface area (Å²) in [6.45, 7) is 7.98. The minimum Gasteiger partial charge on any atom is -0.300 e. The van der Waals surface area contributed by atoms with Gasteiger partial charge in [-0.3, -0.25) is 0 Å². The molecular formula is C14H21ClN2O2S. The minimum absolute atomic E-state index is 0.207. The molecule has 1 heterocycles. The first-order chi connectivity index (χ1) is 9.41. The normalized spacial score (nSPS) is 18.6. The van der Waals surface area contributed by atoms with Crippen molar-refractivity contribution in [2.75, 3.05) is 32.7 Å². The molecule has 1 saturated heterocycles. The standard InChI is InChI=1S/C14H21ClN2O2S/c1-12(2)11-16-7-9-17(10-8-16)20(18,19)14-6-4-3-5-13(14)15/h3-6,12H,7-11H2,1-2H3. The van der Waals surface area contributed by atoms with Crippen molar-refractivity contribution in [3.8, 4) is 0 Å². The van der Waals surface area contributed by atoms with Gasteiger partial charge in [0.1, 0.15) is 4.90 Å². The predicted molar refractivity (Wildman–Crippen MR) is 81.5 cm³/mol. The summed E-state index contributed by atoms with van der Waals surface area (Å²) in [6.07, 6.45) is 0. The lowest BCUT2D eigenvalue weighted by Gasteiger charge is -2.34. The van der Waals surface area contributed by atoms with Crippen LogP contribution in [0.4, 0.5) is 0 Å². The van der Waals surface area contributed by atoms with E-state index in [4.69, 9.17) is 11.6 Å². The van der Waals surface area contributed by atoms with Crippen molar-refractivity contribution in [3.63, 3.8) is 0 Å². The second kappa shape index (κ2) is 6.43. The number of hydrogen-bond donors (Lipinski definition) is 0. The summed E-state index contributed by atoms with van der Waals surface area (Å²) in [6, 6.07) is 6.62. The van der Waals surface area contributed by atoms with Crippen LogP contribution in [0, 0.1) is 5.92 Å². The van der Waals surface area contributed by atoms with E-state index in [0.717, 1.165) is 19.6 Å². The summed E-state index contributed by atoms with van der Waals surface area (Å²) in [5.74, 6) is 0.599. The van der Waals surface area contributed by atoms with Gasteiger partial charge in [-0.25, -0.2) is 8.42 Å². The second-order valence-corrected chi connectivity index (χ2v) is 7.84. The minimum atomic E-state index is -3.47. The monoisotopic (exact) mass is 316 g/mol. The quantitative estimate of drug-likeness (QED) is 0.856. The predicted octanol–water partition coefficient (Wildman–Crippen LogP) is 2.30. The van der Waals surface area contributed by atoms with Crippen molar-refractivity contribution in [2.45, 2.75) is 18.7 Å². The Morgan fingerprint density at radius 3 is 2.30 bits per heavy atom. The number of halogens is 1. The van der Waals surface area contributed by atoms with Crippen LogP contribution in [0.25, 0.3) is 0 Å². The van der Waals surface area contributed by atoms with E-state index in [0.29, 0.717) is 19.0 Å². The Balaban J connectivity index is 2.08. The zero-order valence-corrected chi connectivity index (χ0v) is 13.5. The molecule has 6 heteroatoms. The summed E-state index contributed by atoms with van der Waals surface area (Å²) in [4.78, 5) is 2.52. The fourth-order valence-electron chi connectivity index (χ4n) is 2.46. The lowest BCUT2D eigenvalue weighted by Crippen LogP contribution is -2.49. The van der Waals surface area contributed by atoms with Crippen LogP contribution in [0.1, 0.15) is 13.8 Å². The summed E-state index contributed by atoms with van der Waals surface area (Å²) in [5, 5.41) is 0.289. The Kier molecular flexibility index (Phi) is 5.07. The molecule has 4 nitrogen and oxygen atoms in total. The van der Waals surface area contributed by atoms with E-state index in [-0.39, 0.29) is 9.92 Å². The first kappa shape index (κ1) is 15.8. The molecule has 0 aromatic heterocycles. The van der Waals surface area contributed by atoms with Gasteiger partial charge in [0.25, 0.3) is 0 Å². The lowest BCUT2D eigenvalue weighted by molar-refractivity contribution is 0.172. The van der Waals surface area contributed by atoms with Gasteiger partial charge in [0, 0.05) is 32.7 Å². The van der Waals surface area contributed by atoms with Gasteiger partial charge in [-0.15, -0.1) is 0 Å². The highest BCUT2D eigenvalue weighted by Gasteiger charge is 2.29. The molecule has 0 atom stereocenters. The van der Waals surface area contributed by atoms with Gasteiger partial charge < -0.3 is 4.90 Å². The van der Waals surface area contributed by atoms with Crippen LogP contribution >= 0.6 is 11.6 Å². The van der Waals surface area contributed by atoms with Gasteiger partial charge in [-0.05, 0) is 18.1 Å². The Labute approximate surface area is 126 Å². The smallest absolute Gasteiger partial charge is 0.244 e. The summed E-state index contributed by atoms with van der Waals surface area (Å²) in [7, 11) is -3.47. The Morgan fingerprint density at radius 2 is 1.75 bits per heavy atom. The van der Waals surface area contributed by atoms with Gasteiger partial charge in [0.2, 0.25) is 10.0 Å². The van der Waals surface area contributed by atoms with E-state index < -0.39 is 10.0 Å². The van der Waals surface area contributed by atoms with Crippen LogP contribution in [0.3, 0.4) is 0 Å². The van der Waals surface area contributed by atoms with Crippen molar-refractivity contribution in [1.29, 1.82) is 0 Å². The largest absolute Gasteiger partial charge is 0.300 e. The van der Waals surface area contributed by atoms with Crippen LogP contribution in [-0.4, -0.2) is 50.3 Å². The molecule has 0 bridgehead atoms. The van der Waals surface area contributed by atoms with Crippen molar-refractivity contribution in [1.82, 2.24) is 9.21 Å². The highest BCUT2D eigenvalue weighted by molar-refractivity contribution is 7.89. The number of sulfonamides is 1. The molecule has 1 aliphatic heterocycles. The Morgan fingerprint density at radius 1 is 1.15 bits per heavy atom. The SMILES string of the molecule is CC(C)CN1CCN(S(=O)(=O)c2ccccc2Cl)CC1. The van der Waals surface area contributed by atoms with Crippen LogP contribution in [0.15, 0.2) is 29.2 Å². The number of hydrogen-bond acceptors (Lipinski definition) is 3. The Bertz CT molecular complexity index is 552. The maximum absolute atomic E-state index is 12.6. The molecule has 1 aromatic carbocycles. The van der Waals surface area contributed by atoms with Crippen LogP contribution in [-0.2, 0) is 10.0 Å². The third kappa shape index (κ3) is 3.52. The average Bonchev–Trinajstić information content (AvgIpc) is 2.39. The molecule has 0 aliphatic carbocycles. The number of piperazine rings is 1. The fraction of sp³-hybridized carbons (Fsp3) is 0.571. The van der Waals surface area contributed by atoms with E-state index in [1.807, 2.05) is 0 Å². The van der Waals surface area contributed by atoms with Gasteiger partial charge in [0.15, 0.2) is 0 Å². The molecule has 0 spiro atoms. The number of benzene rings is 1. The van der Waals surface area contributed by atoms with Crippen molar-refractivity contribution in [3.05, 3.63) is 29.3 Å². The molecule has 0 amide bonds. The van der Waals surface area contributed by atoms with Crippen LogP contribution in [0.2, 0.25) is 5.02 Å². The first-order valence-corrected chi connectivity index (χ1v) is 8.70. The van der Waals surface area contributed by atoms with Gasteiger partial charge in [-0.2, -0.15) is 4.31 Å². The van der Waals surface area contributed by atoms with E-state index in [1.54, 1.807) is 24.3 Å². The van der Waals surface area contributed by atoms with E-state index >= 15 is 0 Å². The maximum atomic E-state index is 12.6. The van der Waals surface area contributed by atoms with E-state index in [9.17, 15) is 8.42 Å². The van der Waals surface area contributed by atoms with Gasteiger partial charge >= 0.3 is 0 Å². The van der Waals surface area contributed by atoms with E-state index in [1.165, 1.54) is 4.31 Å². The molecule has 0 saturated carbocycles. The third-order valence-corrected chi connectivity index (χ3v) is 5.81. The zero-order chi connectivity index (χ0) is 14.8. The third-order valence-electron chi connectivity index (χ3n) is 3.41. The molecule has 2 rings (SSSR count). The van der Waals surface area contributed by atoms with Gasteiger partial charge in [-0.1, -0.05) is 37.6 Å². The molecule has 1 aromatic rings. The van der Waals surface area contributed by atoms with Crippen molar-refractivity contribution < 1.29 is 8.42 Å². The van der Waals surface area contributed by atoms with Crippen molar-refractivity contribution >= 4 is 21.6 Å². The molecule has 0 N–H and O–H groups in total. The highest BCUT2D eigenvalue weighted by Crippen LogP contribution is 2.25. The maximum Gasteiger partial charge on any atom is 0.244 e. The molecule has 1 aliphatic rings. The first-order valence-electron chi connectivity index (χ1n) is 6.88. The fourth-order valence-corrected chi connectivity index (χ4v) is 4.38. The zero-order valence-electron chi connectivity index (χ0n) is 11.9. The summed E-state index contributed by atoms with van der Waals surface area (Å²) < 4.78 is 26.7. The summed E-state index contributed by atoms with van der Waals surface area (Å²) >= 11 is 6.01. The summed E-state index contributed by atoms with van der Waals surface area (Å²) in [5.41, 5.74) is 0. The lowest BCUT2D eigenvalue weighted by atomic mass is 10.2. The van der Waals surface area contributed by atoms with Crippen LogP contribution in [0.5, 0.6) is 0 Å². The van der Waals surface area contributed by atoms with Crippen molar-refractivity contribution in [2.24, 2.45) is 5.92 Å². The van der Waals surface area contributed by atoms with E-state index in [2.05, 4.69) is 18.7 Å². The molecular weight excluding hydrogens is 296 g/mol. The Hall–Kier alpha value is -0.620. The highest BCUT2D eigenvalue weighted by atomic mass is 35.5. The number of nitrogens with zero attached hydrogens (tertiary/aromatic N) is 2. The molecule has 1 fully saturated rings. The topological polar surface area (TPSA) is 40.6 Å². The van der Waals surface area contributed by atoms with Crippen LogP contribution < -0.4 is 0 Å². The average molecular weight is 317 g/mol. The molecule has 112 valence electrons.